The average Bonchev–Trinajstić information content (AvgIpc) is 2.54. The largest absolute Gasteiger partial charge is 0.371 e. The Morgan fingerprint density at radius 2 is 2.00 bits per heavy atom. The van der Waals surface area contributed by atoms with E-state index >= 15 is 0 Å². The molecule has 1 aliphatic heterocycles. The van der Waals surface area contributed by atoms with Crippen LogP contribution in [-0.2, 0) is 17.8 Å². The number of rotatable bonds is 3. The minimum absolute atomic E-state index is 0.0400. The molecule has 120 valence electrons. The van der Waals surface area contributed by atoms with Gasteiger partial charge in [0.05, 0.1) is 12.7 Å². The van der Waals surface area contributed by atoms with Crippen LogP contribution in [0.5, 0.6) is 0 Å². The summed E-state index contributed by atoms with van der Waals surface area (Å²) in [5, 5.41) is 2.92. The Labute approximate surface area is 137 Å². The van der Waals surface area contributed by atoms with E-state index in [0.717, 1.165) is 17.7 Å². The van der Waals surface area contributed by atoms with Crippen molar-refractivity contribution in [1.82, 2.24) is 4.90 Å². The number of carbonyl (C=O) groups is 1. The Balaban J connectivity index is 1.57. The Morgan fingerprint density at radius 1 is 1.22 bits per heavy atom. The predicted octanol–water partition coefficient (Wildman–Crippen LogP) is 3.60. The minimum atomic E-state index is -0.113. The molecule has 1 atom stereocenters. The highest BCUT2D eigenvalue weighted by molar-refractivity contribution is 5.89. The fraction of sp³-hybridized carbons (Fsp3) is 0.316. The van der Waals surface area contributed by atoms with Crippen molar-refractivity contribution in [1.29, 1.82) is 0 Å². The highest BCUT2D eigenvalue weighted by Gasteiger charge is 2.22. The number of ether oxygens (including phenoxy) is 1. The number of nitrogens with one attached hydrogen (secondary N) is 1. The molecule has 0 saturated heterocycles. The molecule has 2 aromatic carbocycles. The van der Waals surface area contributed by atoms with Gasteiger partial charge in [0.15, 0.2) is 0 Å². The van der Waals surface area contributed by atoms with E-state index in [1.165, 1.54) is 11.1 Å². The van der Waals surface area contributed by atoms with Gasteiger partial charge >= 0.3 is 6.03 Å². The number of likely N-dealkylation sites (N-methyl/N-ethyl adjacent to an activating group) is 1. The first-order valence-electron chi connectivity index (χ1n) is 7.89. The van der Waals surface area contributed by atoms with Crippen molar-refractivity contribution >= 4 is 11.7 Å². The maximum absolute atomic E-state index is 12.3. The molecule has 4 heteroatoms. The fourth-order valence-corrected chi connectivity index (χ4v) is 2.86. The molecule has 2 amide bonds. The van der Waals surface area contributed by atoms with Gasteiger partial charge in [0.25, 0.3) is 0 Å². The van der Waals surface area contributed by atoms with Crippen LogP contribution in [0, 0.1) is 6.92 Å². The molecule has 3 rings (SSSR count). The number of amides is 2. The first-order chi connectivity index (χ1) is 11.1. The van der Waals surface area contributed by atoms with Crippen LogP contribution in [0.25, 0.3) is 0 Å². The number of aryl methyl sites for hydroxylation is 1. The van der Waals surface area contributed by atoms with Crippen molar-refractivity contribution in [3.8, 4) is 0 Å². The minimum Gasteiger partial charge on any atom is -0.371 e. The summed E-state index contributed by atoms with van der Waals surface area (Å²) in [6.45, 7) is 3.20. The van der Waals surface area contributed by atoms with Gasteiger partial charge in [-0.3, -0.25) is 0 Å². The SMILES string of the molecule is Cc1cccc(NC(=O)N(C)CC2Cc3ccccc3CO2)c1. The van der Waals surface area contributed by atoms with Crippen molar-refractivity contribution in [2.75, 3.05) is 18.9 Å². The van der Waals surface area contributed by atoms with Crippen LogP contribution in [0.15, 0.2) is 48.5 Å². The second-order valence-corrected chi connectivity index (χ2v) is 6.09. The number of anilines is 1. The quantitative estimate of drug-likeness (QED) is 0.941. The predicted molar refractivity (Wildman–Crippen MR) is 91.6 cm³/mol. The van der Waals surface area contributed by atoms with Crippen LogP contribution in [-0.4, -0.2) is 30.6 Å². The Bertz CT molecular complexity index is 699. The third-order valence-corrected chi connectivity index (χ3v) is 4.13. The number of carbonyl (C=O) groups excluding carboxylic acids is 1. The first-order valence-corrected chi connectivity index (χ1v) is 7.89. The van der Waals surface area contributed by atoms with Crippen LogP contribution in [0.2, 0.25) is 0 Å². The van der Waals surface area contributed by atoms with Gasteiger partial charge in [-0.2, -0.15) is 0 Å². The first kappa shape index (κ1) is 15.6. The molecular formula is C19H22N2O2. The molecule has 1 unspecified atom stereocenters. The van der Waals surface area contributed by atoms with Crippen LogP contribution in [0.4, 0.5) is 10.5 Å². The van der Waals surface area contributed by atoms with Gasteiger partial charge in [-0.15, -0.1) is 0 Å². The Hall–Kier alpha value is -2.33. The standard InChI is InChI=1S/C19H22N2O2/c1-14-6-5-9-17(10-14)20-19(22)21(2)12-18-11-15-7-3-4-8-16(15)13-23-18/h3-10,18H,11-13H2,1-2H3,(H,20,22). The fourth-order valence-electron chi connectivity index (χ4n) is 2.86. The monoisotopic (exact) mass is 310 g/mol. The highest BCUT2D eigenvalue weighted by atomic mass is 16.5. The molecule has 0 saturated carbocycles. The lowest BCUT2D eigenvalue weighted by Crippen LogP contribution is -2.40. The van der Waals surface area contributed by atoms with E-state index in [1.807, 2.05) is 37.3 Å². The van der Waals surface area contributed by atoms with Gasteiger partial charge in [-0.05, 0) is 35.7 Å². The van der Waals surface area contributed by atoms with Crippen molar-refractivity contribution in [3.05, 3.63) is 65.2 Å². The number of fused-ring (bicyclic) bond motifs is 1. The van der Waals surface area contributed by atoms with Gasteiger partial charge in [-0.1, -0.05) is 36.4 Å². The van der Waals surface area contributed by atoms with Gasteiger partial charge < -0.3 is 15.0 Å². The van der Waals surface area contributed by atoms with Crippen molar-refractivity contribution in [3.63, 3.8) is 0 Å². The van der Waals surface area contributed by atoms with E-state index in [2.05, 4.69) is 23.5 Å². The Kier molecular flexibility index (Phi) is 4.63. The van der Waals surface area contributed by atoms with Gasteiger partial charge in [0.1, 0.15) is 0 Å². The average molecular weight is 310 g/mol. The lowest BCUT2D eigenvalue weighted by Gasteiger charge is -2.29. The van der Waals surface area contributed by atoms with E-state index in [1.54, 1.807) is 11.9 Å². The third-order valence-electron chi connectivity index (χ3n) is 4.13. The lowest BCUT2D eigenvalue weighted by molar-refractivity contribution is 0.0159. The highest BCUT2D eigenvalue weighted by Crippen LogP contribution is 2.21. The number of hydrogen-bond acceptors (Lipinski definition) is 2. The second-order valence-electron chi connectivity index (χ2n) is 6.09. The topological polar surface area (TPSA) is 41.6 Å². The summed E-state index contributed by atoms with van der Waals surface area (Å²) < 4.78 is 5.87. The van der Waals surface area contributed by atoms with Crippen LogP contribution >= 0.6 is 0 Å². The zero-order valence-electron chi connectivity index (χ0n) is 13.6. The normalized spacial score (nSPS) is 16.5. The second kappa shape index (κ2) is 6.84. The van der Waals surface area contributed by atoms with E-state index in [0.29, 0.717) is 13.2 Å². The molecule has 1 aliphatic rings. The molecule has 1 N–H and O–H groups in total. The van der Waals surface area contributed by atoms with Crippen LogP contribution < -0.4 is 5.32 Å². The number of nitrogens with zero attached hydrogens (tertiary/aromatic N) is 1. The molecule has 0 fully saturated rings. The molecular weight excluding hydrogens is 288 g/mol. The summed E-state index contributed by atoms with van der Waals surface area (Å²) in [5.41, 5.74) is 4.50. The van der Waals surface area contributed by atoms with E-state index in [4.69, 9.17) is 4.74 Å². The molecule has 0 bridgehead atoms. The summed E-state index contributed by atoms with van der Waals surface area (Å²) in [5.74, 6) is 0. The molecule has 4 nitrogen and oxygen atoms in total. The van der Waals surface area contributed by atoms with E-state index in [-0.39, 0.29) is 12.1 Å². The summed E-state index contributed by atoms with van der Waals surface area (Å²) in [6, 6.07) is 16.0. The molecule has 1 heterocycles. The number of urea groups is 1. The van der Waals surface area contributed by atoms with Crippen LogP contribution in [0.1, 0.15) is 16.7 Å². The van der Waals surface area contributed by atoms with Crippen molar-refractivity contribution in [2.45, 2.75) is 26.1 Å². The maximum atomic E-state index is 12.3. The third kappa shape index (κ3) is 3.90. The van der Waals surface area contributed by atoms with Crippen molar-refractivity contribution < 1.29 is 9.53 Å². The van der Waals surface area contributed by atoms with Crippen molar-refractivity contribution in [2.24, 2.45) is 0 Å². The van der Waals surface area contributed by atoms with Gasteiger partial charge in [0, 0.05) is 25.7 Å². The van der Waals surface area contributed by atoms with Crippen LogP contribution in [0.3, 0.4) is 0 Å². The molecule has 2 aromatic rings. The lowest BCUT2D eigenvalue weighted by atomic mass is 9.99. The summed E-state index contributed by atoms with van der Waals surface area (Å²) >= 11 is 0. The molecule has 0 radical (unpaired) electrons. The number of hydrogen-bond donors (Lipinski definition) is 1. The zero-order chi connectivity index (χ0) is 16.2. The smallest absolute Gasteiger partial charge is 0.321 e. The summed E-state index contributed by atoms with van der Waals surface area (Å²) in [6.07, 6.45) is 0.885. The van der Waals surface area contributed by atoms with E-state index in [9.17, 15) is 4.79 Å². The molecule has 0 spiro atoms. The molecule has 0 aromatic heterocycles. The molecule has 0 aliphatic carbocycles. The zero-order valence-corrected chi connectivity index (χ0v) is 13.6. The van der Waals surface area contributed by atoms with Gasteiger partial charge in [0.2, 0.25) is 0 Å². The Morgan fingerprint density at radius 3 is 2.78 bits per heavy atom. The summed E-state index contributed by atoms with van der Waals surface area (Å²) in [4.78, 5) is 14.0. The summed E-state index contributed by atoms with van der Waals surface area (Å²) in [7, 11) is 1.80. The number of benzene rings is 2. The van der Waals surface area contributed by atoms with Gasteiger partial charge in [-0.25, -0.2) is 4.79 Å². The maximum Gasteiger partial charge on any atom is 0.321 e. The van der Waals surface area contributed by atoms with E-state index < -0.39 is 0 Å². The molecule has 23 heavy (non-hydrogen) atoms.